The van der Waals surface area contributed by atoms with Crippen LogP contribution in [0.1, 0.15) is 31.9 Å². The second-order valence-corrected chi connectivity index (χ2v) is 8.05. The van der Waals surface area contributed by atoms with E-state index < -0.39 is 5.97 Å². The number of amides is 1. The predicted molar refractivity (Wildman–Crippen MR) is 127 cm³/mol. The molecule has 0 radical (unpaired) electrons. The summed E-state index contributed by atoms with van der Waals surface area (Å²) < 4.78 is 16.1. The number of rotatable bonds is 10. The number of carbonyl (C=O) groups excluding carboxylic acids is 2. The lowest BCUT2D eigenvalue weighted by atomic mass is 10.1. The van der Waals surface area contributed by atoms with Gasteiger partial charge in [0.1, 0.15) is 0 Å². The Hall–Kier alpha value is -3.13. The monoisotopic (exact) mass is 456 g/mol. The van der Waals surface area contributed by atoms with Crippen LogP contribution < -0.4 is 20.1 Å². The number of aryl methyl sites for hydroxylation is 1. The molecule has 8 heteroatoms. The molecular weight excluding hydrogens is 428 g/mol. The van der Waals surface area contributed by atoms with Crippen LogP contribution in [0.25, 0.3) is 6.08 Å². The van der Waals surface area contributed by atoms with Crippen LogP contribution in [0.5, 0.6) is 11.5 Å². The molecule has 0 saturated carbocycles. The van der Waals surface area contributed by atoms with E-state index in [1.807, 2.05) is 25.1 Å². The molecule has 0 unspecified atom stereocenters. The molecule has 7 nitrogen and oxygen atoms in total. The van der Waals surface area contributed by atoms with Gasteiger partial charge in [0.05, 0.1) is 18.1 Å². The third-order valence-electron chi connectivity index (χ3n) is 4.61. The van der Waals surface area contributed by atoms with Gasteiger partial charge in [0.2, 0.25) is 0 Å². The number of anilines is 1. The van der Waals surface area contributed by atoms with E-state index in [2.05, 4.69) is 29.7 Å². The summed E-state index contributed by atoms with van der Waals surface area (Å²) in [4.78, 5) is 24.6. The van der Waals surface area contributed by atoms with Crippen molar-refractivity contribution in [3.63, 3.8) is 0 Å². The van der Waals surface area contributed by atoms with E-state index in [9.17, 15) is 9.59 Å². The van der Waals surface area contributed by atoms with Gasteiger partial charge in [-0.2, -0.15) is 0 Å². The number of esters is 1. The maximum atomic E-state index is 12.4. The maximum absolute atomic E-state index is 12.4. The molecule has 1 amide bonds. The van der Waals surface area contributed by atoms with Gasteiger partial charge in [-0.15, -0.1) is 0 Å². The molecule has 32 heavy (non-hydrogen) atoms. The van der Waals surface area contributed by atoms with Crippen molar-refractivity contribution in [1.29, 1.82) is 0 Å². The number of hydrogen-bond donors (Lipinski definition) is 2. The van der Waals surface area contributed by atoms with Crippen LogP contribution >= 0.6 is 11.8 Å². The van der Waals surface area contributed by atoms with Gasteiger partial charge in [-0.05, 0) is 61.7 Å². The summed E-state index contributed by atoms with van der Waals surface area (Å²) in [6.07, 6.45) is 2.79. The highest BCUT2D eigenvalue weighted by Crippen LogP contribution is 2.33. The molecule has 0 bridgehead atoms. The molecule has 2 aromatic carbocycles. The normalized spacial score (nSPS) is 16.5. The predicted octanol–water partition coefficient (Wildman–Crippen LogP) is 4.19. The average molecular weight is 457 g/mol. The number of carbonyl (C=O) groups is 2. The van der Waals surface area contributed by atoms with Gasteiger partial charge in [0, 0.05) is 5.69 Å². The first-order valence-electron chi connectivity index (χ1n) is 10.6. The summed E-state index contributed by atoms with van der Waals surface area (Å²) >= 11 is 1.42. The van der Waals surface area contributed by atoms with Crippen LogP contribution in [0.4, 0.5) is 5.69 Å². The van der Waals surface area contributed by atoms with Crippen molar-refractivity contribution in [2.24, 2.45) is 0 Å². The lowest BCUT2D eigenvalue weighted by molar-refractivity contribution is -0.145. The molecule has 1 aliphatic heterocycles. The first-order valence-corrected chi connectivity index (χ1v) is 11.5. The number of benzene rings is 2. The Balaban J connectivity index is 1.68. The standard InChI is InChI=1S/C24H28N2O5S/c1-4-16-7-10-18(11-8-16)25-24-26-23(28)21(32-24)14-17-9-12-19(20(13-17)29-5-2)31-15-22(27)30-6-3/h7-14,24-25H,4-6,15H2,1-3H3,(H,26,28)/b21-14-/t24-/m0/s1. The van der Waals surface area contributed by atoms with Gasteiger partial charge < -0.3 is 24.8 Å². The van der Waals surface area contributed by atoms with Crippen molar-refractivity contribution in [1.82, 2.24) is 5.32 Å². The Kier molecular flexibility index (Phi) is 8.44. The van der Waals surface area contributed by atoms with Crippen molar-refractivity contribution < 1.29 is 23.8 Å². The minimum atomic E-state index is -0.442. The number of hydrogen-bond acceptors (Lipinski definition) is 7. The Morgan fingerprint density at radius 3 is 2.53 bits per heavy atom. The first kappa shape index (κ1) is 23.5. The van der Waals surface area contributed by atoms with Gasteiger partial charge in [0.15, 0.2) is 23.6 Å². The molecular formula is C24H28N2O5S. The fraction of sp³-hybridized carbons (Fsp3) is 0.333. The van der Waals surface area contributed by atoms with Crippen molar-refractivity contribution in [3.8, 4) is 11.5 Å². The molecule has 0 spiro atoms. The molecule has 0 aromatic heterocycles. The van der Waals surface area contributed by atoms with Crippen LogP contribution in [0, 0.1) is 0 Å². The van der Waals surface area contributed by atoms with E-state index in [4.69, 9.17) is 14.2 Å². The molecule has 1 aliphatic rings. The lowest BCUT2D eigenvalue weighted by Crippen LogP contribution is -2.30. The van der Waals surface area contributed by atoms with Gasteiger partial charge in [-0.1, -0.05) is 36.9 Å². The Bertz CT molecular complexity index is 975. The van der Waals surface area contributed by atoms with Crippen molar-refractivity contribution >= 4 is 35.4 Å². The largest absolute Gasteiger partial charge is 0.490 e. The SMILES string of the molecule is CCOC(=O)COc1ccc(/C=C2\S[C@@H](Nc3ccc(CC)cc3)NC2=O)cc1OCC. The molecule has 2 aromatic rings. The highest BCUT2D eigenvalue weighted by atomic mass is 32.2. The molecule has 170 valence electrons. The maximum Gasteiger partial charge on any atom is 0.344 e. The molecule has 0 aliphatic carbocycles. The fourth-order valence-electron chi connectivity index (χ4n) is 3.05. The third-order valence-corrected chi connectivity index (χ3v) is 5.64. The molecule has 2 N–H and O–H groups in total. The van der Waals surface area contributed by atoms with Crippen LogP contribution in [0.3, 0.4) is 0 Å². The highest BCUT2D eigenvalue weighted by Gasteiger charge is 2.27. The summed E-state index contributed by atoms with van der Waals surface area (Å²) in [6.45, 7) is 6.26. The summed E-state index contributed by atoms with van der Waals surface area (Å²) in [5, 5.41) is 6.25. The fourth-order valence-corrected chi connectivity index (χ4v) is 4.03. The Labute approximate surface area is 192 Å². The second-order valence-electron chi connectivity index (χ2n) is 6.91. The van der Waals surface area contributed by atoms with E-state index in [0.717, 1.165) is 17.7 Å². The van der Waals surface area contributed by atoms with Crippen molar-refractivity contribution in [3.05, 3.63) is 58.5 Å². The quantitative estimate of drug-likeness (QED) is 0.410. The van der Waals surface area contributed by atoms with E-state index in [0.29, 0.717) is 29.6 Å². The molecule has 1 fully saturated rings. The van der Waals surface area contributed by atoms with E-state index in [1.165, 1.54) is 17.3 Å². The summed E-state index contributed by atoms with van der Waals surface area (Å²) in [5.74, 6) is 0.363. The number of nitrogens with one attached hydrogen (secondary N) is 2. The van der Waals surface area contributed by atoms with E-state index >= 15 is 0 Å². The second kappa shape index (κ2) is 11.5. The van der Waals surface area contributed by atoms with Crippen LogP contribution in [0.15, 0.2) is 47.4 Å². The van der Waals surface area contributed by atoms with Gasteiger partial charge in [-0.25, -0.2) is 4.79 Å². The summed E-state index contributed by atoms with van der Waals surface area (Å²) in [7, 11) is 0. The smallest absolute Gasteiger partial charge is 0.344 e. The number of ether oxygens (including phenoxy) is 3. The van der Waals surface area contributed by atoms with Gasteiger partial charge >= 0.3 is 5.97 Å². The lowest BCUT2D eigenvalue weighted by Gasteiger charge is -2.13. The number of thioether (sulfide) groups is 1. The molecule has 1 saturated heterocycles. The molecule has 3 rings (SSSR count). The Morgan fingerprint density at radius 1 is 1.06 bits per heavy atom. The average Bonchev–Trinajstić information content (AvgIpc) is 3.12. The summed E-state index contributed by atoms with van der Waals surface area (Å²) in [5.41, 5.74) is 2.75. The zero-order chi connectivity index (χ0) is 22.9. The highest BCUT2D eigenvalue weighted by molar-refractivity contribution is 8.05. The van der Waals surface area contributed by atoms with E-state index in [-0.39, 0.29) is 18.0 Å². The molecule has 1 heterocycles. The van der Waals surface area contributed by atoms with Crippen molar-refractivity contribution in [2.75, 3.05) is 25.1 Å². The van der Waals surface area contributed by atoms with Crippen molar-refractivity contribution in [2.45, 2.75) is 32.7 Å². The van der Waals surface area contributed by atoms with Crippen LogP contribution in [-0.4, -0.2) is 37.2 Å². The first-order chi connectivity index (χ1) is 15.5. The molecule has 1 atom stereocenters. The summed E-state index contributed by atoms with van der Waals surface area (Å²) in [6, 6.07) is 13.5. The van der Waals surface area contributed by atoms with Gasteiger partial charge in [-0.3, -0.25) is 4.79 Å². The minimum Gasteiger partial charge on any atom is -0.490 e. The third kappa shape index (κ3) is 6.43. The minimum absolute atomic E-state index is 0.140. The zero-order valence-corrected chi connectivity index (χ0v) is 19.3. The van der Waals surface area contributed by atoms with Crippen LogP contribution in [-0.2, 0) is 20.7 Å². The van der Waals surface area contributed by atoms with Gasteiger partial charge in [0.25, 0.3) is 5.91 Å². The van der Waals surface area contributed by atoms with Crippen LogP contribution in [0.2, 0.25) is 0 Å². The topological polar surface area (TPSA) is 85.9 Å². The van der Waals surface area contributed by atoms with E-state index in [1.54, 1.807) is 25.1 Å². The Morgan fingerprint density at radius 2 is 1.84 bits per heavy atom. The zero-order valence-electron chi connectivity index (χ0n) is 18.5.